The van der Waals surface area contributed by atoms with Crippen molar-refractivity contribution in [3.05, 3.63) is 35.4 Å². The Balaban J connectivity index is 2.27. The molecule has 2 atom stereocenters. The molecule has 0 aromatic heterocycles. The van der Waals surface area contributed by atoms with Gasteiger partial charge in [-0.05, 0) is 30.4 Å². The number of rotatable bonds is 5. The third-order valence-corrected chi connectivity index (χ3v) is 4.09. The first-order chi connectivity index (χ1) is 10.2. The smallest absolute Gasteiger partial charge is 0.223 e. The van der Waals surface area contributed by atoms with Crippen molar-refractivity contribution in [3.63, 3.8) is 0 Å². The number of nitrogens with zero attached hydrogens (tertiary/aromatic N) is 1. The highest BCUT2D eigenvalue weighted by Gasteiger charge is 2.32. The van der Waals surface area contributed by atoms with E-state index in [0.29, 0.717) is 13.0 Å². The Morgan fingerprint density at radius 1 is 1.33 bits per heavy atom. The quantitative estimate of drug-likeness (QED) is 0.907. The molecule has 1 aliphatic rings. The van der Waals surface area contributed by atoms with Crippen molar-refractivity contribution in [2.24, 2.45) is 5.73 Å². The van der Waals surface area contributed by atoms with Gasteiger partial charge in [0.25, 0.3) is 0 Å². The summed E-state index contributed by atoms with van der Waals surface area (Å²) in [5.41, 5.74) is 8.64. The lowest BCUT2D eigenvalue weighted by Gasteiger charge is -2.34. The highest BCUT2D eigenvalue weighted by molar-refractivity contribution is 5.77. The van der Waals surface area contributed by atoms with E-state index in [-0.39, 0.29) is 18.0 Å². The summed E-state index contributed by atoms with van der Waals surface area (Å²) >= 11 is 0. The second kappa shape index (κ2) is 7.57. The van der Waals surface area contributed by atoms with E-state index in [1.807, 2.05) is 4.90 Å². The molecular weight excluding hydrogens is 264 g/mol. The third-order valence-electron chi connectivity index (χ3n) is 4.09. The van der Waals surface area contributed by atoms with Crippen molar-refractivity contribution >= 4 is 5.91 Å². The normalized spacial score (nSPS) is 23.2. The molecule has 4 nitrogen and oxygen atoms in total. The van der Waals surface area contributed by atoms with E-state index < -0.39 is 0 Å². The molecule has 2 N–H and O–H groups in total. The third kappa shape index (κ3) is 3.83. The summed E-state index contributed by atoms with van der Waals surface area (Å²) in [5, 5.41) is 0. The van der Waals surface area contributed by atoms with Gasteiger partial charge in [0.1, 0.15) is 0 Å². The Labute approximate surface area is 127 Å². The van der Waals surface area contributed by atoms with Crippen LogP contribution in [-0.4, -0.2) is 30.5 Å². The van der Waals surface area contributed by atoms with Crippen LogP contribution in [0, 0.1) is 0 Å². The van der Waals surface area contributed by atoms with E-state index >= 15 is 0 Å². The molecule has 1 aromatic rings. The fraction of sp³-hybridized carbons (Fsp3) is 0.588. The van der Waals surface area contributed by atoms with E-state index in [9.17, 15) is 4.79 Å². The zero-order valence-electron chi connectivity index (χ0n) is 13.0. The summed E-state index contributed by atoms with van der Waals surface area (Å²) in [6, 6.07) is 8.30. The lowest BCUT2D eigenvalue weighted by atomic mass is 9.95. The predicted molar refractivity (Wildman–Crippen MR) is 83.7 cm³/mol. The first-order valence-electron chi connectivity index (χ1n) is 7.80. The summed E-state index contributed by atoms with van der Waals surface area (Å²) in [4.78, 5) is 14.3. The van der Waals surface area contributed by atoms with E-state index in [1.165, 1.54) is 0 Å². The van der Waals surface area contributed by atoms with Crippen LogP contribution in [0.5, 0.6) is 0 Å². The van der Waals surface area contributed by atoms with Crippen LogP contribution in [0.3, 0.4) is 0 Å². The Morgan fingerprint density at radius 3 is 2.67 bits per heavy atom. The van der Waals surface area contributed by atoms with Gasteiger partial charge < -0.3 is 15.4 Å². The lowest BCUT2D eigenvalue weighted by Crippen LogP contribution is -2.42. The van der Waals surface area contributed by atoms with Crippen LogP contribution >= 0.6 is 0 Å². The minimum Gasteiger partial charge on any atom is -0.380 e. The molecular formula is C17H26N2O2. The maximum Gasteiger partial charge on any atom is 0.223 e. The van der Waals surface area contributed by atoms with E-state index in [0.717, 1.165) is 36.9 Å². The molecule has 21 heavy (non-hydrogen) atoms. The second-order valence-corrected chi connectivity index (χ2v) is 5.76. The van der Waals surface area contributed by atoms with Gasteiger partial charge in [-0.2, -0.15) is 0 Å². The second-order valence-electron chi connectivity index (χ2n) is 5.76. The average molecular weight is 290 g/mol. The largest absolute Gasteiger partial charge is 0.380 e. The molecule has 0 radical (unpaired) electrons. The van der Waals surface area contributed by atoms with Gasteiger partial charge in [-0.25, -0.2) is 0 Å². The van der Waals surface area contributed by atoms with Gasteiger partial charge in [-0.15, -0.1) is 0 Å². The summed E-state index contributed by atoms with van der Waals surface area (Å²) in [6.45, 7) is 3.48. The predicted octanol–water partition coefficient (Wildman–Crippen LogP) is 2.62. The van der Waals surface area contributed by atoms with Crippen LogP contribution < -0.4 is 5.73 Å². The van der Waals surface area contributed by atoms with Gasteiger partial charge in [0, 0.05) is 26.1 Å². The van der Waals surface area contributed by atoms with Crippen LogP contribution in [0.2, 0.25) is 0 Å². The van der Waals surface area contributed by atoms with Gasteiger partial charge >= 0.3 is 0 Å². The van der Waals surface area contributed by atoms with Gasteiger partial charge in [0.05, 0.1) is 12.6 Å². The standard InChI is InChI=1S/C17H26N2O2/c1-3-11-19-16(20)6-4-5-15(18)17(19)14-9-7-13(8-10-14)12-21-2/h7-10,15,17H,3-6,11-12,18H2,1-2H3. The molecule has 1 aromatic carbocycles. The summed E-state index contributed by atoms with van der Waals surface area (Å²) < 4.78 is 5.14. The maximum atomic E-state index is 12.4. The van der Waals surface area contributed by atoms with Gasteiger partial charge in [0.2, 0.25) is 5.91 Å². The lowest BCUT2D eigenvalue weighted by molar-refractivity contribution is -0.133. The van der Waals surface area contributed by atoms with Crippen LogP contribution in [0.4, 0.5) is 0 Å². The first-order valence-corrected chi connectivity index (χ1v) is 7.80. The van der Waals surface area contributed by atoms with Gasteiger partial charge in [0.15, 0.2) is 0 Å². The minimum atomic E-state index is -0.00320. The number of nitrogens with two attached hydrogens (primary N) is 1. The van der Waals surface area contributed by atoms with Gasteiger partial charge in [-0.1, -0.05) is 31.2 Å². The molecule has 2 unspecified atom stereocenters. The number of hydrogen-bond donors (Lipinski definition) is 1. The number of likely N-dealkylation sites (tertiary alicyclic amines) is 1. The molecule has 1 heterocycles. The molecule has 1 fully saturated rings. The SMILES string of the molecule is CCCN1C(=O)CCCC(N)C1c1ccc(COC)cc1. The van der Waals surface area contributed by atoms with Crippen LogP contribution in [0.1, 0.15) is 49.8 Å². The van der Waals surface area contributed by atoms with Crippen molar-refractivity contribution in [2.45, 2.75) is 51.3 Å². The Kier molecular flexibility index (Phi) is 5.76. The highest BCUT2D eigenvalue weighted by Crippen LogP contribution is 2.30. The fourth-order valence-electron chi connectivity index (χ4n) is 3.09. The molecule has 0 bridgehead atoms. The molecule has 0 saturated carbocycles. The van der Waals surface area contributed by atoms with Crippen molar-refractivity contribution in [2.75, 3.05) is 13.7 Å². The molecule has 1 saturated heterocycles. The van der Waals surface area contributed by atoms with Crippen LogP contribution in [0.15, 0.2) is 24.3 Å². The number of benzene rings is 1. The minimum absolute atomic E-state index is 0.00320. The Bertz CT molecular complexity index is 458. The van der Waals surface area contributed by atoms with Crippen molar-refractivity contribution in [1.82, 2.24) is 4.90 Å². The van der Waals surface area contributed by atoms with Gasteiger partial charge in [-0.3, -0.25) is 4.79 Å². The summed E-state index contributed by atoms with van der Waals surface area (Å²) in [5.74, 6) is 0.232. The number of carbonyl (C=O) groups excluding carboxylic acids is 1. The number of amides is 1. The van der Waals surface area contributed by atoms with Crippen LogP contribution in [0.25, 0.3) is 0 Å². The molecule has 4 heteroatoms. The van der Waals surface area contributed by atoms with Crippen molar-refractivity contribution in [1.29, 1.82) is 0 Å². The van der Waals surface area contributed by atoms with E-state index in [2.05, 4.69) is 31.2 Å². The summed E-state index contributed by atoms with van der Waals surface area (Å²) in [7, 11) is 1.69. The molecule has 0 aliphatic carbocycles. The number of hydrogen-bond acceptors (Lipinski definition) is 3. The molecule has 0 spiro atoms. The average Bonchev–Trinajstić information content (AvgIpc) is 2.61. The molecule has 116 valence electrons. The fourth-order valence-corrected chi connectivity index (χ4v) is 3.09. The number of ether oxygens (including phenoxy) is 1. The number of methoxy groups -OCH3 is 1. The van der Waals surface area contributed by atoms with Crippen molar-refractivity contribution in [3.8, 4) is 0 Å². The van der Waals surface area contributed by atoms with E-state index in [1.54, 1.807) is 7.11 Å². The van der Waals surface area contributed by atoms with Crippen molar-refractivity contribution < 1.29 is 9.53 Å². The molecule has 1 aliphatic heterocycles. The Hall–Kier alpha value is -1.39. The zero-order chi connectivity index (χ0) is 15.2. The summed E-state index contributed by atoms with van der Waals surface area (Å²) in [6.07, 6.45) is 3.36. The Morgan fingerprint density at radius 2 is 2.05 bits per heavy atom. The molecule has 2 rings (SSSR count). The van der Waals surface area contributed by atoms with Crippen LogP contribution in [-0.2, 0) is 16.1 Å². The zero-order valence-corrected chi connectivity index (χ0v) is 13.0. The highest BCUT2D eigenvalue weighted by atomic mass is 16.5. The number of carbonyl (C=O) groups is 1. The first kappa shape index (κ1) is 16.0. The molecule has 1 amide bonds. The van der Waals surface area contributed by atoms with E-state index in [4.69, 9.17) is 10.5 Å². The maximum absolute atomic E-state index is 12.4. The monoisotopic (exact) mass is 290 g/mol. The topological polar surface area (TPSA) is 55.6 Å².